The van der Waals surface area contributed by atoms with Crippen LogP contribution in [0.1, 0.15) is 52.4 Å². The van der Waals surface area contributed by atoms with Gasteiger partial charge in [-0.3, -0.25) is 19.2 Å². The number of carbonyl (C=O) groups excluding carboxylic acids is 4. The number of rotatable bonds is 8. The number of nitriles is 1. The zero-order valence-corrected chi connectivity index (χ0v) is 20.4. The fourth-order valence-corrected chi connectivity index (χ4v) is 5.49. The third kappa shape index (κ3) is 6.30. The average molecular weight is 536 g/mol. The van der Waals surface area contributed by atoms with Crippen LogP contribution >= 0.6 is 0 Å². The number of hydrogen-bond donors (Lipinski definition) is 3. The van der Waals surface area contributed by atoms with Crippen LogP contribution in [0.25, 0.3) is 0 Å². The summed E-state index contributed by atoms with van der Waals surface area (Å²) in [5, 5.41) is 16.1. The molecular formula is C23H30F5N5O4. The summed E-state index contributed by atoms with van der Waals surface area (Å²) < 4.78 is 68.5. The number of hydrogen-bond acceptors (Lipinski definition) is 5. The Bertz CT molecular complexity index is 966. The van der Waals surface area contributed by atoms with Crippen LogP contribution in [0, 0.1) is 29.1 Å². The van der Waals surface area contributed by atoms with E-state index in [1.54, 1.807) is 19.2 Å². The van der Waals surface area contributed by atoms with Gasteiger partial charge in [0.05, 0.1) is 12.0 Å². The first-order chi connectivity index (χ1) is 17.2. The van der Waals surface area contributed by atoms with E-state index >= 15 is 0 Å². The van der Waals surface area contributed by atoms with Gasteiger partial charge < -0.3 is 20.9 Å². The molecule has 0 spiro atoms. The molecule has 1 aliphatic carbocycles. The largest absolute Gasteiger partial charge is 0.471 e. The summed E-state index contributed by atoms with van der Waals surface area (Å²) >= 11 is 0. The lowest BCUT2D eigenvalue weighted by atomic mass is 9.71. The zero-order valence-electron chi connectivity index (χ0n) is 20.4. The lowest BCUT2D eigenvalue weighted by molar-refractivity contribution is -0.196. The van der Waals surface area contributed by atoms with E-state index in [2.05, 4.69) is 10.6 Å². The monoisotopic (exact) mass is 535 g/mol. The molecule has 3 N–H and O–H groups in total. The minimum Gasteiger partial charge on any atom is -0.356 e. The maximum absolute atomic E-state index is 14.9. The second kappa shape index (κ2) is 10.8. The van der Waals surface area contributed by atoms with E-state index in [4.69, 9.17) is 0 Å². The third-order valence-corrected chi connectivity index (χ3v) is 7.18. The third-order valence-electron chi connectivity index (χ3n) is 7.18. The smallest absolute Gasteiger partial charge is 0.356 e. The van der Waals surface area contributed by atoms with E-state index in [0.717, 1.165) is 4.90 Å². The molecule has 4 rings (SSSR count). The van der Waals surface area contributed by atoms with Gasteiger partial charge in [0.2, 0.25) is 17.7 Å². The summed E-state index contributed by atoms with van der Waals surface area (Å²) in [6.07, 6.45) is -5.87. The van der Waals surface area contributed by atoms with Gasteiger partial charge in [-0.2, -0.15) is 18.4 Å². The molecule has 4 aliphatic rings. The minimum atomic E-state index is -5.27. The fourth-order valence-electron chi connectivity index (χ4n) is 5.49. The minimum absolute atomic E-state index is 0.0587. The Morgan fingerprint density at radius 1 is 1.19 bits per heavy atom. The summed E-state index contributed by atoms with van der Waals surface area (Å²) in [6, 6.07) is -3.94. The Labute approximate surface area is 210 Å². The summed E-state index contributed by atoms with van der Waals surface area (Å²) in [4.78, 5) is 51.1. The van der Waals surface area contributed by atoms with Gasteiger partial charge in [-0.05, 0) is 38.0 Å². The van der Waals surface area contributed by atoms with Crippen LogP contribution in [0.4, 0.5) is 22.0 Å². The predicted octanol–water partition coefficient (Wildman–Crippen LogP) is 1.63. The van der Waals surface area contributed by atoms with Gasteiger partial charge in [0.25, 0.3) is 5.92 Å². The van der Waals surface area contributed by atoms with Crippen LogP contribution in [0.15, 0.2) is 0 Å². The van der Waals surface area contributed by atoms with Crippen molar-refractivity contribution in [2.24, 2.45) is 17.8 Å². The lowest BCUT2D eigenvalue weighted by Gasteiger charge is -2.54. The Hall–Kier alpha value is -2.98. The first-order valence-electron chi connectivity index (χ1n) is 12.2. The van der Waals surface area contributed by atoms with Crippen molar-refractivity contribution >= 4 is 23.6 Å². The molecule has 37 heavy (non-hydrogen) atoms. The molecular weight excluding hydrogens is 505 g/mol. The van der Waals surface area contributed by atoms with Crippen LogP contribution < -0.4 is 16.0 Å². The van der Waals surface area contributed by atoms with Crippen LogP contribution in [-0.4, -0.2) is 71.3 Å². The molecule has 4 amide bonds. The van der Waals surface area contributed by atoms with Crippen LogP contribution in [0.2, 0.25) is 0 Å². The number of carbonyl (C=O) groups is 4. The van der Waals surface area contributed by atoms with E-state index in [0.29, 0.717) is 13.0 Å². The Kier molecular flexibility index (Phi) is 8.34. The number of fused-ring (bicyclic) bond motifs is 3. The standard InChI is InChI=1S/C23H30F5N5O4/c1-11(2)7-16(32-21(37)23(26,27)28)20(36)33-14-3-4-15(22(24,25)9-14)17(33)19(35)31-13(10-29)8-12-5-6-30-18(12)34/h11-17H,3-9H2,1-2H3,(H,30,34)(H,31,35)(H,32,37)/t12-,13-,14-,15-,16+,17-/m1/s1. The number of piperidine rings is 2. The normalized spacial score (nSPS) is 28.3. The molecule has 0 aromatic heterocycles. The molecule has 6 atom stereocenters. The number of nitrogens with one attached hydrogen (secondary N) is 3. The molecule has 3 heterocycles. The van der Waals surface area contributed by atoms with E-state index < -0.39 is 72.2 Å². The van der Waals surface area contributed by atoms with Crippen molar-refractivity contribution in [3.05, 3.63) is 0 Å². The molecule has 14 heteroatoms. The maximum Gasteiger partial charge on any atom is 0.471 e. The topological polar surface area (TPSA) is 131 Å². The van der Waals surface area contributed by atoms with Crippen LogP contribution in [0.5, 0.6) is 0 Å². The molecule has 3 saturated heterocycles. The summed E-state index contributed by atoms with van der Waals surface area (Å²) in [6.45, 7) is 3.62. The summed E-state index contributed by atoms with van der Waals surface area (Å²) in [5.41, 5.74) is 0. The van der Waals surface area contributed by atoms with E-state index in [9.17, 15) is 46.4 Å². The average Bonchev–Trinajstić information content (AvgIpc) is 3.19. The van der Waals surface area contributed by atoms with Crippen LogP contribution in [0.3, 0.4) is 0 Å². The molecule has 1 saturated carbocycles. The van der Waals surface area contributed by atoms with Gasteiger partial charge in [0.1, 0.15) is 18.1 Å². The maximum atomic E-state index is 14.9. The zero-order chi connectivity index (χ0) is 27.7. The number of halogens is 5. The first kappa shape index (κ1) is 28.6. The molecule has 3 aliphatic heterocycles. The first-order valence-corrected chi connectivity index (χ1v) is 12.2. The molecule has 2 bridgehead atoms. The fraction of sp³-hybridized carbons (Fsp3) is 0.783. The van der Waals surface area contributed by atoms with Crippen molar-refractivity contribution in [3.8, 4) is 6.07 Å². The molecule has 0 aromatic rings. The van der Waals surface area contributed by atoms with Crippen LogP contribution in [-0.2, 0) is 19.2 Å². The highest BCUT2D eigenvalue weighted by molar-refractivity contribution is 5.94. The Morgan fingerprint density at radius 3 is 2.38 bits per heavy atom. The van der Waals surface area contributed by atoms with Gasteiger partial charge >= 0.3 is 12.1 Å². The van der Waals surface area contributed by atoms with Gasteiger partial charge in [-0.1, -0.05) is 13.8 Å². The highest BCUT2D eigenvalue weighted by atomic mass is 19.4. The summed E-state index contributed by atoms with van der Waals surface area (Å²) in [7, 11) is 0. The van der Waals surface area contributed by atoms with Gasteiger partial charge in [0, 0.05) is 24.9 Å². The lowest BCUT2D eigenvalue weighted by Crippen LogP contribution is -2.71. The van der Waals surface area contributed by atoms with E-state index in [1.807, 2.05) is 6.07 Å². The number of nitrogens with zero attached hydrogens (tertiary/aromatic N) is 2. The van der Waals surface area contributed by atoms with Crippen molar-refractivity contribution < 1.29 is 41.1 Å². The Balaban J connectivity index is 1.87. The van der Waals surface area contributed by atoms with E-state index in [-0.39, 0.29) is 37.5 Å². The van der Waals surface area contributed by atoms with Crippen molar-refractivity contribution in [1.82, 2.24) is 20.9 Å². The second-order valence-electron chi connectivity index (χ2n) is 10.3. The molecule has 0 unspecified atom stereocenters. The highest BCUT2D eigenvalue weighted by Crippen LogP contribution is 2.49. The molecule has 0 aromatic carbocycles. The summed E-state index contributed by atoms with van der Waals surface area (Å²) in [5.74, 6) is -10.6. The van der Waals surface area contributed by atoms with Gasteiger partial charge in [-0.25, -0.2) is 8.78 Å². The number of amides is 4. The highest BCUT2D eigenvalue weighted by Gasteiger charge is 2.61. The SMILES string of the molecule is CC(C)C[C@H](NC(=O)C(F)(F)F)C(=O)N1[C@@H]2CC[C@H]([C@@H]1C(=O)N[C@@H](C#N)C[C@H]1CCNC1=O)C(F)(F)C2. The quantitative estimate of drug-likeness (QED) is 0.407. The molecule has 9 nitrogen and oxygen atoms in total. The van der Waals surface area contributed by atoms with Crippen molar-refractivity contribution in [1.29, 1.82) is 5.26 Å². The van der Waals surface area contributed by atoms with Gasteiger partial charge in [-0.15, -0.1) is 0 Å². The molecule has 0 radical (unpaired) electrons. The Morgan fingerprint density at radius 2 is 1.86 bits per heavy atom. The van der Waals surface area contributed by atoms with Crippen molar-refractivity contribution in [2.45, 2.75) is 88.6 Å². The van der Waals surface area contributed by atoms with Gasteiger partial charge in [0.15, 0.2) is 0 Å². The molecule has 4 fully saturated rings. The molecule has 206 valence electrons. The van der Waals surface area contributed by atoms with Crippen molar-refractivity contribution in [2.75, 3.05) is 6.54 Å². The second-order valence-corrected chi connectivity index (χ2v) is 10.3. The number of alkyl halides is 5. The van der Waals surface area contributed by atoms with E-state index in [1.165, 1.54) is 0 Å². The predicted molar refractivity (Wildman–Crippen MR) is 117 cm³/mol. The van der Waals surface area contributed by atoms with Crippen molar-refractivity contribution in [3.63, 3.8) is 0 Å².